The molecule has 3 rings (SSSR count). The van der Waals surface area contributed by atoms with Gasteiger partial charge in [-0.3, -0.25) is 14.6 Å². The van der Waals surface area contributed by atoms with Crippen molar-refractivity contribution in [3.05, 3.63) is 69.8 Å². The number of nitrogens with one attached hydrogen (secondary N) is 1. The monoisotopic (exact) mass is 280 g/mol. The number of carbonyl (C=O) groups excluding carboxylic acids is 1. The van der Waals surface area contributed by atoms with Crippen LogP contribution in [0.25, 0.3) is 10.9 Å². The molecule has 0 bridgehead atoms. The van der Waals surface area contributed by atoms with E-state index in [1.54, 1.807) is 36.5 Å². The topological polar surface area (TPSA) is 102 Å². The normalized spacial score (nSPS) is 10.7. The quantitative estimate of drug-likeness (QED) is 0.747. The predicted molar refractivity (Wildman–Crippen MR) is 77.9 cm³/mol. The average Bonchev–Trinajstić information content (AvgIpc) is 2.51. The zero-order valence-electron chi connectivity index (χ0n) is 11.0. The SMILES string of the molecule is NC(=O)c1cccc(Cc2n[nH]c(=O)c3cccnc23)c1. The Hall–Kier alpha value is -3.02. The Bertz CT molecular complexity index is 886. The lowest BCUT2D eigenvalue weighted by Gasteiger charge is -2.05. The van der Waals surface area contributed by atoms with E-state index in [0.29, 0.717) is 28.6 Å². The van der Waals surface area contributed by atoms with Crippen molar-refractivity contribution in [3.63, 3.8) is 0 Å². The summed E-state index contributed by atoms with van der Waals surface area (Å²) >= 11 is 0. The summed E-state index contributed by atoms with van der Waals surface area (Å²) < 4.78 is 0. The Morgan fingerprint density at radius 3 is 2.90 bits per heavy atom. The number of primary amides is 1. The van der Waals surface area contributed by atoms with Crippen LogP contribution in [0.5, 0.6) is 0 Å². The number of pyridine rings is 1. The summed E-state index contributed by atoms with van der Waals surface area (Å²) in [6, 6.07) is 10.4. The van der Waals surface area contributed by atoms with Crippen LogP contribution in [-0.4, -0.2) is 21.1 Å². The lowest BCUT2D eigenvalue weighted by Crippen LogP contribution is -2.13. The minimum atomic E-state index is -0.478. The fraction of sp³-hybridized carbons (Fsp3) is 0.0667. The lowest BCUT2D eigenvalue weighted by atomic mass is 10.0. The molecule has 3 N–H and O–H groups in total. The van der Waals surface area contributed by atoms with E-state index < -0.39 is 5.91 Å². The summed E-state index contributed by atoms with van der Waals surface area (Å²) in [5, 5.41) is 7.02. The minimum Gasteiger partial charge on any atom is -0.366 e. The molecular weight excluding hydrogens is 268 g/mol. The predicted octanol–water partition coefficient (Wildman–Crippen LogP) is 1.01. The first-order valence-corrected chi connectivity index (χ1v) is 6.36. The van der Waals surface area contributed by atoms with Crippen LogP contribution in [0.4, 0.5) is 0 Å². The number of fused-ring (bicyclic) bond motifs is 1. The molecule has 0 atom stereocenters. The molecule has 0 spiro atoms. The third-order valence-electron chi connectivity index (χ3n) is 3.20. The number of nitrogens with zero attached hydrogens (tertiary/aromatic N) is 2. The van der Waals surface area contributed by atoms with Gasteiger partial charge in [-0.05, 0) is 29.8 Å². The molecule has 0 radical (unpaired) electrons. The first-order chi connectivity index (χ1) is 10.1. The third kappa shape index (κ3) is 2.51. The van der Waals surface area contributed by atoms with Gasteiger partial charge in [0, 0.05) is 18.2 Å². The van der Waals surface area contributed by atoms with E-state index in [2.05, 4.69) is 15.2 Å². The Labute approximate surface area is 119 Å². The molecule has 0 unspecified atom stereocenters. The number of aromatic nitrogens is 3. The van der Waals surface area contributed by atoms with Gasteiger partial charge >= 0.3 is 0 Å². The molecule has 0 aliphatic carbocycles. The number of amides is 1. The van der Waals surface area contributed by atoms with E-state index >= 15 is 0 Å². The fourth-order valence-electron chi connectivity index (χ4n) is 2.20. The van der Waals surface area contributed by atoms with Crippen molar-refractivity contribution in [2.24, 2.45) is 5.73 Å². The second-order valence-electron chi connectivity index (χ2n) is 4.64. The van der Waals surface area contributed by atoms with Gasteiger partial charge in [-0.15, -0.1) is 0 Å². The summed E-state index contributed by atoms with van der Waals surface area (Å²) in [5.41, 5.74) is 7.52. The summed E-state index contributed by atoms with van der Waals surface area (Å²) in [6.45, 7) is 0. The summed E-state index contributed by atoms with van der Waals surface area (Å²) in [5.74, 6) is -0.478. The van der Waals surface area contributed by atoms with Gasteiger partial charge in [0.25, 0.3) is 5.56 Å². The highest BCUT2D eigenvalue weighted by atomic mass is 16.1. The number of carbonyl (C=O) groups is 1. The molecule has 1 aromatic carbocycles. The van der Waals surface area contributed by atoms with Crippen LogP contribution in [0.1, 0.15) is 21.6 Å². The van der Waals surface area contributed by atoms with E-state index in [0.717, 1.165) is 5.56 Å². The number of hydrogen-bond donors (Lipinski definition) is 2. The average molecular weight is 280 g/mol. The first kappa shape index (κ1) is 13.0. The highest BCUT2D eigenvalue weighted by molar-refractivity contribution is 5.92. The largest absolute Gasteiger partial charge is 0.366 e. The zero-order valence-corrected chi connectivity index (χ0v) is 11.0. The lowest BCUT2D eigenvalue weighted by molar-refractivity contribution is 0.1000. The maximum Gasteiger partial charge on any atom is 0.273 e. The molecule has 6 nitrogen and oxygen atoms in total. The van der Waals surface area contributed by atoms with Crippen LogP contribution in [0.2, 0.25) is 0 Å². The molecule has 0 aliphatic rings. The van der Waals surface area contributed by atoms with Gasteiger partial charge < -0.3 is 5.73 Å². The first-order valence-electron chi connectivity index (χ1n) is 6.36. The van der Waals surface area contributed by atoms with E-state index in [-0.39, 0.29) is 5.56 Å². The molecule has 0 fully saturated rings. The smallest absolute Gasteiger partial charge is 0.273 e. The number of nitrogens with two attached hydrogens (primary N) is 1. The number of aromatic amines is 1. The standard InChI is InChI=1S/C15H12N4O2/c16-14(20)10-4-1-3-9(7-10)8-12-13-11(5-2-6-17-13)15(21)19-18-12/h1-7H,8H2,(H2,16,20)(H,19,21). The van der Waals surface area contributed by atoms with Crippen LogP contribution in [-0.2, 0) is 6.42 Å². The molecule has 0 aliphatic heterocycles. The molecule has 2 aromatic heterocycles. The van der Waals surface area contributed by atoms with Crippen molar-refractivity contribution < 1.29 is 4.79 Å². The van der Waals surface area contributed by atoms with E-state index in [1.807, 2.05) is 6.07 Å². The van der Waals surface area contributed by atoms with Crippen LogP contribution in [0, 0.1) is 0 Å². The molecule has 0 saturated heterocycles. The maximum absolute atomic E-state index is 11.7. The van der Waals surface area contributed by atoms with Gasteiger partial charge in [-0.1, -0.05) is 12.1 Å². The van der Waals surface area contributed by atoms with Crippen LogP contribution < -0.4 is 11.3 Å². The minimum absolute atomic E-state index is 0.271. The van der Waals surface area contributed by atoms with E-state index in [9.17, 15) is 9.59 Å². The Kier molecular flexibility index (Phi) is 3.19. The Balaban J connectivity index is 2.06. The fourth-order valence-corrected chi connectivity index (χ4v) is 2.20. The molecule has 6 heteroatoms. The molecule has 0 saturated carbocycles. The second kappa shape index (κ2) is 5.16. The molecule has 104 valence electrons. The molecular formula is C15H12N4O2. The molecule has 2 heterocycles. The van der Waals surface area contributed by atoms with Crippen molar-refractivity contribution >= 4 is 16.8 Å². The van der Waals surface area contributed by atoms with Crippen LogP contribution in [0.3, 0.4) is 0 Å². The number of H-pyrrole nitrogens is 1. The van der Waals surface area contributed by atoms with Gasteiger partial charge in [-0.2, -0.15) is 5.10 Å². The van der Waals surface area contributed by atoms with Gasteiger partial charge in [0.15, 0.2) is 0 Å². The third-order valence-corrected chi connectivity index (χ3v) is 3.20. The molecule has 21 heavy (non-hydrogen) atoms. The van der Waals surface area contributed by atoms with Crippen molar-refractivity contribution in [2.45, 2.75) is 6.42 Å². The maximum atomic E-state index is 11.7. The number of hydrogen-bond acceptors (Lipinski definition) is 4. The Morgan fingerprint density at radius 1 is 1.24 bits per heavy atom. The van der Waals surface area contributed by atoms with Crippen LogP contribution >= 0.6 is 0 Å². The van der Waals surface area contributed by atoms with E-state index in [4.69, 9.17) is 5.73 Å². The molecule has 3 aromatic rings. The second-order valence-corrected chi connectivity index (χ2v) is 4.64. The van der Waals surface area contributed by atoms with Crippen molar-refractivity contribution in [2.75, 3.05) is 0 Å². The van der Waals surface area contributed by atoms with Gasteiger partial charge in [0.1, 0.15) is 0 Å². The van der Waals surface area contributed by atoms with Gasteiger partial charge in [0.2, 0.25) is 5.91 Å². The summed E-state index contributed by atoms with van der Waals surface area (Å²) in [6.07, 6.45) is 2.07. The summed E-state index contributed by atoms with van der Waals surface area (Å²) in [4.78, 5) is 27.1. The van der Waals surface area contributed by atoms with E-state index in [1.165, 1.54) is 0 Å². The molecule has 1 amide bonds. The van der Waals surface area contributed by atoms with Gasteiger partial charge in [0.05, 0.1) is 16.6 Å². The van der Waals surface area contributed by atoms with Gasteiger partial charge in [-0.25, -0.2) is 5.10 Å². The zero-order chi connectivity index (χ0) is 14.8. The number of benzene rings is 1. The number of rotatable bonds is 3. The summed E-state index contributed by atoms with van der Waals surface area (Å²) in [7, 11) is 0. The highest BCUT2D eigenvalue weighted by Crippen LogP contribution is 2.14. The highest BCUT2D eigenvalue weighted by Gasteiger charge is 2.09. The van der Waals surface area contributed by atoms with Crippen LogP contribution in [0.15, 0.2) is 47.4 Å². The Morgan fingerprint density at radius 2 is 2.10 bits per heavy atom. The van der Waals surface area contributed by atoms with Crippen molar-refractivity contribution in [1.82, 2.24) is 15.2 Å². The van der Waals surface area contributed by atoms with Crippen molar-refractivity contribution in [3.8, 4) is 0 Å². The van der Waals surface area contributed by atoms with Crippen molar-refractivity contribution in [1.29, 1.82) is 0 Å².